The van der Waals surface area contributed by atoms with E-state index in [0.29, 0.717) is 6.54 Å². The Morgan fingerprint density at radius 2 is 1.80 bits per heavy atom. The highest BCUT2D eigenvalue weighted by Crippen LogP contribution is 2.34. The van der Waals surface area contributed by atoms with E-state index in [2.05, 4.69) is 15.9 Å². The Morgan fingerprint density at radius 3 is 2.35 bits per heavy atom. The summed E-state index contributed by atoms with van der Waals surface area (Å²) in [6.07, 6.45) is 1.43. The monoisotopic (exact) mass is 351 g/mol. The summed E-state index contributed by atoms with van der Waals surface area (Å²) in [5.41, 5.74) is 7.82. The molecule has 0 amide bonds. The normalized spacial score (nSPS) is 14.0. The van der Waals surface area contributed by atoms with E-state index in [1.165, 1.54) is 4.90 Å². The molecule has 0 saturated heterocycles. The summed E-state index contributed by atoms with van der Waals surface area (Å²) < 4.78 is 0.982. The smallest absolute Gasteiger partial charge is 0.0871 e. The van der Waals surface area contributed by atoms with E-state index in [-0.39, 0.29) is 5.92 Å². The molecule has 0 radical (unpaired) electrons. The van der Waals surface area contributed by atoms with Gasteiger partial charge in [0.25, 0.3) is 0 Å². The Bertz CT molecular complexity index is 559. The summed E-state index contributed by atoms with van der Waals surface area (Å²) >= 11 is 5.22. The van der Waals surface area contributed by atoms with Gasteiger partial charge in [-0.15, -0.1) is 11.8 Å². The molecule has 2 aromatic carbocycles. The van der Waals surface area contributed by atoms with E-state index < -0.39 is 6.10 Å². The highest BCUT2D eigenvalue weighted by atomic mass is 79.9. The second-order valence-electron chi connectivity index (χ2n) is 4.58. The molecule has 0 aliphatic carbocycles. The van der Waals surface area contributed by atoms with Gasteiger partial charge in [-0.3, -0.25) is 0 Å². The summed E-state index contributed by atoms with van der Waals surface area (Å²) in [5, 5.41) is 10.6. The zero-order chi connectivity index (χ0) is 14.5. The van der Waals surface area contributed by atoms with Crippen LogP contribution >= 0.6 is 27.7 Å². The van der Waals surface area contributed by atoms with Crippen LogP contribution < -0.4 is 5.73 Å². The third-order valence-electron chi connectivity index (χ3n) is 3.40. The number of nitrogens with two attached hydrogens (primary N) is 1. The molecular formula is C16H18BrNOS. The molecule has 106 valence electrons. The van der Waals surface area contributed by atoms with Crippen molar-refractivity contribution < 1.29 is 5.11 Å². The second-order valence-corrected chi connectivity index (χ2v) is 6.32. The lowest BCUT2D eigenvalue weighted by Gasteiger charge is -2.23. The van der Waals surface area contributed by atoms with Gasteiger partial charge < -0.3 is 10.8 Å². The van der Waals surface area contributed by atoms with Gasteiger partial charge in [0.2, 0.25) is 0 Å². The van der Waals surface area contributed by atoms with Crippen LogP contribution in [0, 0.1) is 0 Å². The predicted octanol–water partition coefficient (Wildman–Crippen LogP) is 3.95. The first kappa shape index (κ1) is 15.6. The standard InChI is InChI=1S/C16H18BrNOS/c1-20-12-8-6-11(7-9-12)16(19)14(10-18)13-4-2-3-5-15(13)17/h2-9,14,16,19H,10,18H2,1H3. The Balaban J connectivity index is 2.28. The van der Waals surface area contributed by atoms with Crippen LogP contribution in [0.5, 0.6) is 0 Å². The molecule has 2 nitrogen and oxygen atoms in total. The van der Waals surface area contributed by atoms with Gasteiger partial charge >= 0.3 is 0 Å². The number of hydrogen-bond acceptors (Lipinski definition) is 3. The first-order chi connectivity index (χ1) is 9.67. The van der Waals surface area contributed by atoms with Gasteiger partial charge in [-0.1, -0.05) is 46.3 Å². The average molecular weight is 352 g/mol. The lowest BCUT2D eigenvalue weighted by Crippen LogP contribution is -2.20. The summed E-state index contributed by atoms with van der Waals surface area (Å²) in [6, 6.07) is 15.9. The molecule has 4 heteroatoms. The first-order valence-corrected chi connectivity index (χ1v) is 8.45. The molecule has 0 fully saturated rings. The molecule has 0 spiro atoms. The minimum absolute atomic E-state index is 0.120. The maximum atomic E-state index is 10.6. The number of hydrogen-bond donors (Lipinski definition) is 2. The van der Waals surface area contributed by atoms with E-state index in [9.17, 15) is 5.11 Å². The predicted molar refractivity (Wildman–Crippen MR) is 89.1 cm³/mol. The molecule has 2 atom stereocenters. The fraction of sp³-hybridized carbons (Fsp3) is 0.250. The Morgan fingerprint density at radius 1 is 1.15 bits per heavy atom. The van der Waals surface area contributed by atoms with Gasteiger partial charge in [0.1, 0.15) is 0 Å². The quantitative estimate of drug-likeness (QED) is 0.801. The molecule has 0 heterocycles. The molecule has 0 saturated carbocycles. The molecule has 0 aliphatic heterocycles. The van der Waals surface area contributed by atoms with E-state index >= 15 is 0 Å². The lowest BCUT2D eigenvalue weighted by molar-refractivity contribution is 0.147. The van der Waals surface area contributed by atoms with Crippen LogP contribution in [0.4, 0.5) is 0 Å². The van der Waals surface area contributed by atoms with Gasteiger partial charge in [0.15, 0.2) is 0 Å². The third-order valence-corrected chi connectivity index (χ3v) is 4.86. The first-order valence-electron chi connectivity index (χ1n) is 6.44. The number of thioether (sulfide) groups is 1. The summed E-state index contributed by atoms with van der Waals surface area (Å²) in [7, 11) is 0. The van der Waals surface area contributed by atoms with Gasteiger partial charge in [-0.05, 0) is 35.6 Å². The van der Waals surface area contributed by atoms with Gasteiger partial charge in [-0.2, -0.15) is 0 Å². The molecular weight excluding hydrogens is 334 g/mol. The van der Waals surface area contributed by atoms with Crippen LogP contribution in [-0.2, 0) is 0 Å². The summed E-state index contributed by atoms with van der Waals surface area (Å²) in [5.74, 6) is -0.120. The van der Waals surface area contributed by atoms with Gasteiger partial charge in [0, 0.05) is 21.8 Å². The van der Waals surface area contributed by atoms with Crippen LogP contribution in [-0.4, -0.2) is 17.9 Å². The molecule has 3 N–H and O–H groups in total. The average Bonchev–Trinajstić information content (AvgIpc) is 2.50. The second kappa shape index (κ2) is 7.27. The molecule has 0 aromatic heterocycles. The van der Waals surface area contributed by atoms with Crippen molar-refractivity contribution in [1.29, 1.82) is 0 Å². The van der Waals surface area contributed by atoms with Crippen LogP contribution in [0.3, 0.4) is 0 Å². The van der Waals surface area contributed by atoms with Crippen molar-refractivity contribution in [2.75, 3.05) is 12.8 Å². The van der Waals surface area contributed by atoms with Gasteiger partial charge in [0.05, 0.1) is 6.10 Å². The topological polar surface area (TPSA) is 46.2 Å². The molecule has 2 aromatic rings. The van der Waals surface area contributed by atoms with Crippen molar-refractivity contribution in [1.82, 2.24) is 0 Å². The molecule has 20 heavy (non-hydrogen) atoms. The maximum absolute atomic E-state index is 10.6. The zero-order valence-electron chi connectivity index (χ0n) is 11.3. The summed E-state index contributed by atoms with van der Waals surface area (Å²) in [4.78, 5) is 1.19. The zero-order valence-corrected chi connectivity index (χ0v) is 13.7. The van der Waals surface area contributed by atoms with Crippen LogP contribution in [0.2, 0.25) is 0 Å². The SMILES string of the molecule is CSc1ccc(C(O)C(CN)c2ccccc2Br)cc1. The van der Waals surface area contributed by atoms with Crippen LogP contribution in [0.25, 0.3) is 0 Å². The molecule has 0 bridgehead atoms. The van der Waals surface area contributed by atoms with Crippen molar-refractivity contribution in [3.8, 4) is 0 Å². The molecule has 2 unspecified atom stereocenters. The number of benzene rings is 2. The van der Waals surface area contributed by atoms with Crippen molar-refractivity contribution in [2.24, 2.45) is 5.73 Å². The third kappa shape index (κ3) is 3.44. The van der Waals surface area contributed by atoms with E-state index in [1.807, 2.05) is 54.8 Å². The Kier molecular flexibility index (Phi) is 5.66. The number of halogens is 1. The molecule has 2 rings (SSSR count). The number of aliphatic hydroxyl groups excluding tert-OH is 1. The van der Waals surface area contributed by atoms with Crippen LogP contribution in [0.1, 0.15) is 23.1 Å². The number of rotatable bonds is 5. The van der Waals surface area contributed by atoms with E-state index in [0.717, 1.165) is 15.6 Å². The fourth-order valence-corrected chi connectivity index (χ4v) is 3.22. The number of aliphatic hydroxyl groups is 1. The van der Waals surface area contributed by atoms with Crippen molar-refractivity contribution in [3.05, 3.63) is 64.1 Å². The van der Waals surface area contributed by atoms with Crippen molar-refractivity contribution >= 4 is 27.7 Å². The van der Waals surface area contributed by atoms with Crippen molar-refractivity contribution in [3.63, 3.8) is 0 Å². The fourth-order valence-electron chi connectivity index (χ4n) is 2.24. The highest BCUT2D eigenvalue weighted by molar-refractivity contribution is 9.10. The largest absolute Gasteiger partial charge is 0.388 e. The lowest BCUT2D eigenvalue weighted by atomic mass is 9.89. The maximum Gasteiger partial charge on any atom is 0.0871 e. The van der Waals surface area contributed by atoms with Crippen molar-refractivity contribution in [2.45, 2.75) is 16.9 Å². The minimum Gasteiger partial charge on any atom is -0.388 e. The Hall–Kier alpha value is -0.810. The minimum atomic E-state index is -0.602. The highest BCUT2D eigenvalue weighted by Gasteiger charge is 2.23. The van der Waals surface area contributed by atoms with Gasteiger partial charge in [-0.25, -0.2) is 0 Å². The summed E-state index contributed by atoms with van der Waals surface area (Å²) in [6.45, 7) is 0.397. The molecule has 0 aliphatic rings. The van der Waals surface area contributed by atoms with E-state index in [1.54, 1.807) is 11.8 Å². The van der Waals surface area contributed by atoms with E-state index in [4.69, 9.17) is 5.73 Å². The van der Waals surface area contributed by atoms with Crippen LogP contribution in [0.15, 0.2) is 57.9 Å². The Labute approximate surface area is 132 Å².